The zero-order valence-corrected chi connectivity index (χ0v) is 13.9. The van der Waals surface area contributed by atoms with Gasteiger partial charge in [0, 0.05) is 36.7 Å². The van der Waals surface area contributed by atoms with Crippen LogP contribution in [0.2, 0.25) is 0 Å². The molecule has 8 nitrogen and oxygen atoms in total. The number of imidazole rings is 1. The predicted molar refractivity (Wildman–Crippen MR) is 87.2 cm³/mol. The summed E-state index contributed by atoms with van der Waals surface area (Å²) in [6, 6.07) is -0.166. The number of carbonyl (C=O) groups excluding carboxylic acids is 2. The smallest absolute Gasteiger partial charge is 0.274 e. The van der Waals surface area contributed by atoms with E-state index in [2.05, 4.69) is 25.6 Å². The molecule has 0 bridgehead atoms. The van der Waals surface area contributed by atoms with Crippen LogP contribution >= 0.6 is 0 Å². The molecule has 2 aromatic heterocycles. The minimum Gasteiger partial charge on any atom is -0.341 e. The molecule has 1 aliphatic rings. The highest BCUT2D eigenvalue weighted by Gasteiger charge is 2.28. The monoisotopic (exact) mass is 328 g/mol. The zero-order valence-electron chi connectivity index (χ0n) is 13.9. The van der Waals surface area contributed by atoms with Crippen molar-refractivity contribution in [3.63, 3.8) is 0 Å². The number of hydrogen-bond acceptors (Lipinski definition) is 5. The summed E-state index contributed by atoms with van der Waals surface area (Å²) in [5.74, 6) is 0.381. The van der Waals surface area contributed by atoms with Gasteiger partial charge in [-0.2, -0.15) is 0 Å². The number of anilines is 1. The Kier molecular flexibility index (Phi) is 4.04. The van der Waals surface area contributed by atoms with E-state index in [0.717, 1.165) is 18.8 Å². The fraction of sp³-hybridized carbons (Fsp3) is 0.438. The molecule has 1 unspecified atom stereocenters. The van der Waals surface area contributed by atoms with Gasteiger partial charge in [-0.3, -0.25) is 9.59 Å². The van der Waals surface area contributed by atoms with Crippen LogP contribution in [0.4, 0.5) is 5.82 Å². The number of carbonyl (C=O) groups is 2. The van der Waals surface area contributed by atoms with Crippen LogP contribution in [0.25, 0.3) is 0 Å². The minimum absolute atomic E-state index is 0.0973. The molecule has 3 heterocycles. The van der Waals surface area contributed by atoms with Gasteiger partial charge in [0.05, 0.1) is 6.04 Å². The van der Waals surface area contributed by atoms with Gasteiger partial charge in [-0.15, -0.1) is 0 Å². The maximum absolute atomic E-state index is 12.6. The van der Waals surface area contributed by atoms with Crippen molar-refractivity contribution in [2.45, 2.75) is 39.8 Å². The first kappa shape index (κ1) is 16.1. The second-order valence-corrected chi connectivity index (χ2v) is 6.75. The van der Waals surface area contributed by atoms with Crippen LogP contribution in [0.5, 0.6) is 0 Å². The molecule has 0 aliphatic carbocycles. The van der Waals surface area contributed by atoms with Crippen LogP contribution in [-0.2, 0) is 11.3 Å². The van der Waals surface area contributed by atoms with Crippen molar-refractivity contribution in [2.24, 2.45) is 5.41 Å². The van der Waals surface area contributed by atoms with Crippen molar-refractivity contribution in [2.75, 3.05) is 5.32 Å². The first-order valence-electron chi connectivity index (χ1n) is 7.80. The number of nitrogens with one attached hydrogen (secondary N) is 2. The molecular weight excluding hydrogens is 308 g/mol. The van der Waals surface area contributed by atoms with Crippen molar-refractivity contribution in [3.8, 4) is 0 Å². The van der Waals surface area contributed by atoms with Crippen molar-refractivity contribution in [1.29, 1.82) is 0 Å². The summed E-state index contributed by atoms with van der Waals surface area (Å²) in [5.41, 5.74) is -0.498. The Hall–Kier alpha value is -2.77. The Morgan fingerprint density at radius 2 is 1.92 bits per heavy atom. The van der Waals surface area contributed by atoms with Crippen molar-refractivity contribution in [1.82, 2.24) is 24.8 Å². The van der Waals surface area contributed by atoms with Gasteiger partial charge in [-0.05, 0) is 6.42 Å². The number of hydrogen-bond donors (Lipinski definition) is 2. The van der Waals surface area contributed by atoms with Gasteiger partial charge >= 0.3 is 0 Å². The van der Waals surface area contributed by atoms with Crippen LogP contribution in [-0.4, -0.2) is 31.3 Å². The van der Waals surface area contributed by atoms with E-state index < -0.39 is 5.41 Å². The third kappa shape index (κ3) is 3.12. The number of amides is 2. The molecule has 0 radical (unpaired) electrons. The van der Waals surface area contributed by atoms with E-state index in [1.807, 2.05) is 10.8 Å². The van der Waals surface area contributed by atoms with Crippen LogP contribution in [0.15, 0.2) is 24.8 Å². The van der Waals surface area contributed by atoms with E-state index >= 15 is 0 Å². The molecule has 0 saturated carbocycles. The topological polar surface area (TPSA) is 102 Å². The molecule has 2 N–H and O–H groups in total. The maximum atomic E-state index is 12.6. The molecule has 0 spiro atoms. The van der Waals surface area contributed by atoms with Gasteiger partial charge in [0.15, 0.2) is 11.5 Å². The summed E-state index contributed by atoms with van der Waals surface area (Å²) >= 11 is 0. The Labute approximate surface area is 139 Å². The summed E-state index contributed by atoms with van der Waals surface area (Å²) in [6.45, 7) is 6.18. The Balaban J connectivity index is 1.77. The molecule has 0 aromatic carbocycles. The van der Waals surface area contributed by atoms with Gasteiger partial charge in [0.1, 0.15) is 5.82 Å². The quantitative estimate of drug-likeness (QED) is 0.889. The van der Waals surface area contributed by atoms with E-state index in [1.165, 1.54) is 12.4 Å². The number of fused-ring (bicyclic) bond motifs is 1. The number of nitrogens with zero attached hydrogens (tertiary/aromatic N) is 4. The normalized spacial score (nSPS) is 16.5. The summed E-state index contributed by atoms with van der Waals surface area (Å²) in [7, 11) is 0. The highest BCUT2D eigenvalue weighted by molar-refractivity contribution is 6.02. The average molecular weight is 328 g/mol. The summed E-state index contributed by atoms with van der Waals surface area (Å²) in [4.78, 5) is 37.2. The summed E-state index contributed by atoms with van der Waals surface area (Å²) in [5, 5.41) is 5.59. The number of aromatic nitrogens is 4. The molecule has 0 saturated heterocycles. The lowest BCUT2D eigenvalue weighted by molar-refractivity contribution is -0.123. The van der Waals surface area contributed by atoms with E-state index in [4.69, 9.17) is 0 Å². The molecule has 126 valence electrons. The van der Waals surface area contributed by atoms with Gasteiger partial charge in [0.2, 0.25) is 5.91 Å². The van der Waals surface area contributed by atoms with Gasteiger partial charge in [-0.1, -0.05) is 20.8 Å². The lowest BCUT2D eigenvalue weighted by atomic mass is 9.96. The van der Waals surface area contributed by atoms with Crippen LogP contribution in [0.3, 0.4) is 0 Å². The fourth-order valence-corrected chi connectivity index (χ4v) is 2.47. The summed E-state index contributed by atoms with van der Waals surface area (Å²) < 4.78 is 2.00. The largest absolute Gasteiger partial charge is 0.341 e. The maximum Gasteiger partial charge on any atom is 0.274 e. The Morgan fingerprint density at radius 1 is 1.17 bits per heavy atom. The summed E-state index contributed by atoms with van der Waals surface area (Å²) in [6.07, 6.45) is 7.25. The second-order valence-electron chi connectivity index (χ2n) is 6.75. The molecule has 2 amide bonds. The molecule has 24 heavy (non-hydrogen) atoms. The van der Waals surface area contributed by atoms with Gasteiger partial charge in [-0.25, -0.2) is 15.0 Å². The molecule has 1 atom stereocenters. The van der Waals surface area contributed by atoms with E-state index in [9.17, 15) is 9.59 Å². The first-order chi connectivity index (χ1) is 11.4. The minimum atomic E-state index is -0.596. The van der Waals surface area contributed by atoms with E-state index in [-0.39, 0.29) is 29.4 Å². The van der Waals surface area contributed by atoms with Crippen molar-refractivity contribution >= 4 is 17.6 Å². The molecule has 1 aliphatic heterocycles. The molecule has 0 fully saturated rings. The third-order valence-electron chi connectivity index (χ3n) is 3.85. The van der Waals surface area contributed by atoms with Gasteiger partial charge < -0.3 is 15.2 Å². The van der Waals surface area contributed by atoms with E-state index in [0.29, 0.717) is 0 Å². The van der Waals surface area contributed by atoms with Crippen molar-refractivity contribution in [3.05, 3.63) is 36.3 Å². The van der Waals surface area contributed by atoms with Crippen LogP contribution in [0, 0.1) is 5.41 Å². The van der Waals surface area contributed by atoms with Crippen LogP contribution < -0.4 is 10.6 Å². The average Bonchev–Trinajstić information content (AvgIpc) is 3.12. The third-order valence-corrected chi connectivity index (χ3v) is 3.85. The highest BCUT2D eigenvalue weighted by atomic mass is 16.2. The lowest BCUT2D eigenvalue weighted by Crippen LogP contribution is -2.32. The van der Waals surface area contributed by atoms with E-state index in [1.54, 1.807) is 27.0 Å². The van der Waals surface area contributed by atoms with Gasteiger partial charge in [0.25, 0.3) is 5.91 Å². The fourth-order valence-electron chi connectivity index (χ4n) is 2.47. The lowest BCUT2D eigenvalue weighted by Gasteiger charge is -2.18. The van der Waals surface area contributed by atoms with Crippen molar-refractivity contribution < 1.29 is 9.59 Å². The number of aryl methyl sites for hydroxylation is 1. The van der Waals surface area contributed by atoms with Crippen LogP contribution in [0.1, 0.15) is 49.5 Å². The molecule has 2 aromatic rings. The highest BCUT2D eigenvalue weighted by Crippen LogP contribution is 2.24. The predicted octanol–water partition coefficient (Wildman–Crippen LogP) is 1.53. The molecule has 8 heteroatoms. The molecular formula is C16H20N6O2. The second kappa shape index (κ2) is 6.03. The standard InChI is InChI=1S/C16H20N6O2/c1-16(2,3)15(24)21-12-11(17-5-6-18-12)14(23)20-10-4-8-22-9-7-19-13(10)22/h5-7,9-10H,4,8H2,1-3H3,(H,20,23)(H,18,21,24). The zero-order chi connectivity index (χ0) is 17.3. The molecule has 3 rings (SSSR count). The first-order valence-corrected chi connectivity index (χ1v) is 7.80. The Morgan fingerprint density at radius 3 is 2.67 bits per heavy atom. The number of rotatable bonds is 3. The SMILES string of the molecule is CC(C)(C)C(=O)Nc1nccnc1C(=O)NC1CCn2ccnc21. The Bertz CT molecular complexity index is 777.